The summed E-state index contributed by atoms with van der Waals surface area (Å²) in [6.45, 7) is 4.90. The quantitative estimate of drug-likeness (QED) is 0.810. The lowest BCUT2D eigenvalue weighted by atomic mass is 9.93. The molecule has 2 aromatic rings. The molecule has 0 bridgehead atoms. The molecule has 0 aliphatic carbocycles. The average molecular weight is 353 g/mol. The molecule has 0 saturated carbocycles. The van der Waals surface area contributed by atoms with Crippen molar-refractivity contribution in [2.45, 2.75) is 32.4 Å². The van der Waals surface area contributed by atoms with Crippen molar-refractivity contribution in [2.24, 2.45) is 0 Å². The van der Waals surface area contributed by atoms with E-state index in [-0.39, 0.29) is 24.0 Å². The van der Waals surface area contributed by atoms with Crippen molar-refractivity contribution >= 4 is 11.9 Å². The molecule has 1 N–H and O–H groups in total. The Morgan fingerprint density at radius 2 is 2.04 bits per heavy atom. The molecule has 0 saturated heterocycles. The van der Waals surface area contributed by atoms with Crippen LogP contribution in [0, 0.1) is 0 Å². The lowest BCUT2D eigenvalue weighted by molar-refractivity contribution is 0.0252. The number of carbonyl (C=O) groups excluding carboxylic acids is 2. The minimum atomic E-state index is -0.350. The summed E-state index contributed by atoms with van der Waals surface area (Å²) in [4.78, 5) is 24.8. The van der Waals surface area contributed by atoms with E-state index in [1.54, 1.807) is 18.2 Å². The highest BCUT2D eigenvalue weighted by Gasteiger charge is 2.28. The molecule has 0 spiro atoms. The standard InChI is InChI=1S/C21H23NO4/c1-3-25-13-14(2)22-20(23)16-9-10-18-17(11-16)12-19(26-21(18)24)15-7-5-4-6-8-15/h4-11,14,19H,3,12-13H2,1-2H3,(H,22,23)/t14-,19-/m0/s1. The highest BCUT2D eigenvalue weighted by Crippen LogP contribution is 2.31. The molecule has 1 amide bonds. The van der Waals surface area contributed by atoms with E-state index < -0.39 is 0 Å². The molecular weight excluding hydrogens is 330 g/mol. The first-order valence-corrected chi connectivity index (χ1v) is 8.86. The molecular formula is C21H23NO4. The first kappa shape index (κ1) is 18.1. The van der Waals surface area contributed by atoms with Crippen LogP contribution in [-0.4, -0.2) is 31.1 Å². The molecule has 2 atom stereocenters. The molecule has 136 valence electrons. The molecule has 1 aliphatic rings. The van der Waals surface area contributed by atoms with Crippen molar-refractivity contribution in [1.29, 1.82) is 0 Å². The van der Waals surface area contributed by atoms with Gasteiger partial charge in [0.25, 0.3) is 5.91 Å². The van der Waals surface area contributed by atoms with Crippen LogP contribution in [0.15, 0.2) is 48.5 Å². The monoisotopic (exact) mass is 353 g/mol. The number of amides is 1. The minimum Gasteiger partial charge on any atom is -0.454 e. The van der Waals surface area contributed by atoms with Crippen LogP contribution in [0.25, 0.3) is 0 Å². The fraction of sp³-hybridized carbons (Fsp3) is 0.333. The van der Waals surface area contributed by atoms with Gasteiger partial charge in [-0.25, -0.2) is 4.79 Å². The fourth-order valence-corrected chi connectivity index (χ4v) is 3.03. The third kappa shape index (κ3) is 4.11. The molecule has 5 heteroatoms. The number of fused-ring (bicyclic) bond motifs is 1. The van der Waals surface area contributed by atoms with Gasteiger partial charge in [-0.05, 0) is 43.2 Å². The lowest BCUT2D eigenvalue weighted by Gasteiger charge is -2.25. The highest BCUT2D eigenvalue weighted by atomic mass is 16.5. The number of hydrogen-bond acceptors (Lipinski definition) is 4. The van der Waals surface area contributed by atoms with Gasteiger partial charge in [0.1, 0.15) is 6.10 Å². The third-order valence-corrected chi connectivity index (χ3v) is 4.36. The summed E-state index contributed by atoms with van der Waals surface area (Å²) in [6, 6.07) is 14.7. The molecule has 2 aromatic carbocycles. The van der Waals surface area contributed by atoms with Crippen molar-refractivity contribution in [3.63, 3.8) is 0 Å². The van der Waals surface area contributed by atoms with Gasteiger partial charge < -0.3 is 14.8 Å². The number of benzene rings is 2. The summed E-state index contributed by atoms with van der Waals surface area (Å²) in [6.07, 6.45) is 0.229. The Balaban J connectivity index is 1.77. The molecule has 5 nitrogen and oxygen atoms in total. The second-order valence-electron chi connectivity index (χ2n) is 6.41. The summed E-state index contributed by atoms with van der Waals surface area (Å²) in [7, 11) is 0. The van der Waals surface area contributed by atoms with E-state index in [4.69, 9.17) is 9.47 Å². The molecule has 0 radical (unpaired) electrons. The molecule has 26 heavy (non-hydrogen) atoms. The van der Waals surface area contributed by atoms with Crippen LogP contribution in [0.1, 0.15) is 51.8 Å². The number of hydrogen-bond donors (Lipinski definition) is 1. The van der Waals surface area contributed by atoms with Gasteiger partial charge in [0.05, 0.1) is 12.2 Å². The van der Waals surface area contributed by atoms with Crippen LogP contribution >= 0.6 is 0 Å². The predicted molar refractivity (Wildman–Crippen MR) is 98.2 cm³/mol. The second-order valence-corrected chi connectivity index (χ2v) is 6.41. The van der Waals surface area contributed by atoms with Crippen LogP contribution < -0.4 is 5.32 Å². The van der Waals surface area contributed by atoms with Gasteiger partial charge in [-0.3, -0.25) is 4.79 Å². The van der Waals surface area contributed by atoms with Gasteiger partial charge in [-0.15, -0.1) is 0 Å². The smallest absolute Gasteiger partial charge is 0.339 e. The molecule has 0 unspecified atom stereocenters. The van der Waals surface area contributed by atoms with Gasteiger partial charge in [-0.1, -0.05) is 30.3 Å². The van der Waals surface area contributed by atoms with Gasteiger partial charge in [0, 0.05) is 24.6 Å². The van der Waals surface area contributed by atoms with E-state index in [0.29, 0.717) is 30.8 Å². The maximum atomic E-state index is 12.5. The Bertz CT molecular complexity index is 788. The number of nitrogens with one attached hydrogen (secondary N) is 1. The first-order valence-electron chi connectivity index (χ1n) is 8.86. The average Bonchev–Trinajstić information content (AvgIpc) is 2.66. The number of esters is 1. The Morgan fingerprint density at radius 3 is 2.77 bits per heavy atom. The van der Waals surface area contributed by atoms with E-state index in [1.807, 2.05) is 44.2 Å². The van der Waals surface area contributed by atoms with Crippen LogP contribution in [0.4, 0.5) is 0 Å². The summed E-state index contributed by atoms with van der Waals surface area (Å²) < 4.78 is 10.9. The summed E-state index contributed by atoms with van der Waals surface area (Å²) in [5, 5.41) is 2.91. The van der Waals surface area contributed by atoms with Crippen molar-refractivity contribution in [2.75, 3.05) is 13.2 Å². The molecule has 0 aromatic heterocycles. The topological polar surface area (TPSA) is 64.6 Å². The molecule has 0 fully saturated rings. The first-order chi connectivity index (χ1) is 12.6. The molecule has 1 aliphatic heterocycles. The Labute approximate surface area is 153 Å². The van der Waals surface area contributed by atoms with Gasteiger partial charge in [0.2, 0.25) is 0 Å². The second kappa shape index (κ2) is 8.15. The zero-order valence-electron chi connectivity index (χ0n) is 15.0. The molecule has 3 rings (SSSR count). The lowest BCUT2D eigenvalue weighted by Crippen LogP contribution is -2.36. The van der Waals surface area contributed by atoms with Crippen LogP contribution in [0.2, 0.25) is 0 Å². The van der Waals surface area contributed by atoms with Gasteiger partial charge >= 0.3 is 5.97 Å². The minimum absolute atomic E-state index is 0.0829. The highest BCUT2D eigenvalue weighted by molar-refractivity contribution is 5.97. The van der Waals surface area contributed by atoms with E-state index in [0.717, 1.165) is 11.1 Å². The summed E-state index contributed by atoms with van der Waals surface area (Å²) in [5.74, 6) is -0.521. The number of ether oxygens (including phenoxy) is 2. The predicted octanol–water partition coefficient (Wildman–Crippen LogP) is 3.30. The Kier molecular flexibility index (Phi) is 5.68. The number of cyclic esters (lactones) is 1. The van der Waals surface area contributed by atoms with E-state index in [1.165, 1.54) is 0 Å². The van der Waals surface area contributed by atoms with Crippen LogP contribution in [0.3, 0.4) is 0 Å². The maximum absolute atomic E-state index is 12.5. The summed E-state index contributed by atoms with van der Waals surface area (Å²) in [5.41, 5.74) is 2.84. The van der Waals surface area contributed by atoms with Crippen molar-refractivity contribution in [1.82, 2.24) is 5.32 Å². The van der Waals surface area contributed by atoms with Crippen molar-refractivity contribution in [3.05, 3.63) is 70.8 Å². The van der Waals surface area contributed by atoms with Crippen molar-refractivity contribution in [3.8, 4) is 0 Å². The van der Waals surface area contributed by atoms with Gasteiger partial charge in [-0.2, -0.15) is 0 Å². The van der Waals surface area contributed by atoms with E-state index in [2.05, 4.69) is 5.32 Å². The normalized spacial score (nSPS) is 17.2. The molecule has 1 heterocycles. The Hall–Kier alpha value is -2.66. The zero-order chi connectivity index (χ0) is 18.5. The SMILES string of the molecule is CCOC[C@H](C)NC(=O)c1ccc2c(c1)C[C@@H](c1ccccc1)OC2=O. The number of rotatable bonds is 6. The fourth-order valence-electron chi connectivity index (χ4n) is 3.03. The Morgan fingerprint density at radius 1 is 1.27 bits per heavy atom. The summed E-state index contributed by atoms with van der Waals surface area (Å²) >= 11 is 0. The van der Waals surface area contributed by atoms with E-state index >= 15 is 0 Å². The zero-order valence-corrected chi connectivity index (χ0v) is 15.0. The van der Waals surface area contributed by atoms with Crippen LogP contribution in [0.5, 0.6) is 0 Å². The maximum Gasteiger partial charge on any atom is 0.339 e. The van der Waals surface area contributed by atoms with Gasteiger partial charge in [0.15, 0.2) is 0 Å². The van der Waals surface area contributed by atoms with Crippen molar-refractivity contribution < 1.29 is 19.1 Å². The third-order valence-electron chi connectivity index (χ3n) is 4.36. The van der Waals surface area contributed by atoms with E-state index in [9.17, 15) is 9.59 Å². The largest absolute Gasteiger partial charge is 0.454 e. The van der Waals surface area contributed by atoms with Crippen LogP contribution in [-0.2, 0) is 15.9 Å². The number of carbonyl (C=O) groups is 2.